The number of anilines is 1. The summed E-state index contributed by atoms with van der Waals surface area (Å²) in [5, 5.41) is 14.3. The fraction of sp³-hybridized carbons (Fsp3) is 0.211. The summed E-state index contributed by atoms with van der Waals surface area (Å²) < 4.78 is -0.130. The lowest BCUT2D eigenvalue weighted by molar-refractivity contribution is 0.103. The van der Waals surface area contributed by atoms with E-state index in [1.54, 1.807) is 12.1 Å². The van der Waals surface area contributed by atoms with Crippen molar-refractivity contribution in [3.8, 4) is 6.07 Å². The molecule has 124 valence electrons. The van der Waals surface area contributed by atoms with E-state index < -0.39 is 0 Å². The van der Waals surface area contributed by atoms with E-state index in [9.17, 15) is 14.9 Å². The highest BCUT2D eigenvalue weighted by molar-refractivity contribution is 7.17. The zero-order valence-corrected chi connectivity index (χ0v) is 14.9. The van der Waals surface area contributed by atoms with Crippen LogP contribution in [0.1, 0.15) is 38.5 Å². The molecule has 0 aliphatic heterocycles. The lowest BCUT2D eigenvalue weighted by Gasteiger charge is -2.09. The van der Waals surface area contributed by atoms with Crippen molar-refractivity contribution in [1.29, 1.82) is 5.26 Å². The van der Waals surface area contributed by atoms with Gasteiger partial charge in [0.15, 0.2) is 0 Å². The van der Waals surface area contributed by atoms with Crippen LogP contribution in [0.3, 0.4) is 0 Å². The molecule has 1 aromatic carbocycles. The lowest BCUT2D eigenvalue weighted by Crippen LogP contribution is -2.13. The van der Waals surface area contributed by atoms with E-state index in [4.69, 9.17) is 0 Å². The largest absolute Gasteiger partial charge is 0.312 e. The van der Waals surface area contributed by atoms with E-state index in [2.05, 4.69) is 11.4 Å². The van der Waals surface area contributed by atoms with Crippen LogP contribution in [0.15, 0.2) is 35.1 Å². The quantitative estimate of drug-likeness (QED) is 0.734. The highest BCUT2D eigenvalue weighted by Crippen LogP contribution is 2.37. The normalized spacial score (nSPS) is 13.2. The maximum atomic E-state index is 12.6. The Morgan fingerprint density at radius 1 is 1.16 bits per heavy atom. The fourth-order valence-electron chi connectivity index (χ4n) is 3.18. The van der Waals surface area contributed by atoms with Gasteiger partial charge in [0, 0.05) is 10.3 Å². The number of thiophene rings is 1. The summed E-state index contributed by atoms with van der Waals surface area (Å²) in [4.78, 5) is 26.4. The number of carbonyl (C=O) groups excluding carboxylic acids is 1. The molecule has 0 radical (unpaired) electrons. The van der Waals surface area contributed by atoms with Crippen LogP contribution in [-0.4, -0.2) is 5.91 Å². The number of nitriles is 1. The summed E-state index contributed by atoms with van der Waals surface area (Å²) >= 11 is 2.43. The maximum Gasteiger partial charge on any atom is 0.266 e. The maximum absolute atomic E-state index is 12.6. The number of nitrogens with one attached hydrogen (secondary N) is 1. The van der Waals surface area contributed by atoms with Crippen molar-refractivity contribution in [1.82, 2.24) is 0 Å². The van der Waals surface area contributed by atoms with E-state index in [1.165, 1.54) is 16.2 Å². The van der Waals surface area contributed by atoms with E-state index in [1.807, 2.05) is 18.2 Å². The predicted octanol–water partition coefficient (Wildman–Crippen LogP) is 4.33. The molecule has 0 fully saturated rings. The monoisotopic (exact) mass is 366 g/mol. The molecule has 1 amide bonds. The molecule has 6 heteroatoms. The first-order valence-electron chi connectivity index (χ1n) is 8.06. The van der Waals surface area contributed by atoms with Crippen LogP contribution in [-0.2, 0) is 12.8 Å². The highest BCUT2D eigenvalue weighted by Gasteiger charge is 2.22. The second-order valence-corrected chi connectivity index (χ2v) is 8.09. The molecule has 3 aromatic rings. The zero-order valence-electron chi connectivity index (χ0n) is 13.3. The minimum Gasteiger partial charge on any atom is -0.312 e. The average molecular weight is 366 g/mol. The van der Waals surface area contributed by atoms with Crippen LogP contribution < -0.4 is 10.1 Å². The van der Waals surface area contributed by atoms with Crippen LogP contribution in [0.2, 0.25) is 0 Å². The molecule has 2 heterocycles. The van der Waals surface area contributed by atoms with Gasteiger partial charge in [0.2, 0.25) is 4.74 Å². The smallest absolute Gasteiger partial charge is 0.266 e. The molecule has 2 aromatic heterocycles. The number of hydrogen-bond donors (Lipinski definition) is 1. The molecular weight excluding hydrogens is 352 g/mol. The fourth-order valence-corrected chi connectivity index (χ4v) is 5.24. The standard InChI is InChI=1S/C19H14N2O2S2/c20-10-14-13-7-3-4-8-15(13)24-18(14)21-17(22)16-9-11-5-1-2-6-12(11)19(23)25-16/h1-2,5-6,9H,3-4,7-8H2,(H,21,22). The Hall–Kier alpha value is -2.49. The molecule has 4 nitrogen and oxygen atoms in total. The lowest BCUT2D eigenvalue weighted by atomic mass is 9.96. The molecule has 1 N–H and O–H groups in total. The van der Waals surface area contributed by atoms with Crippen molar-refractivity contribution in [2.45, 2.75) is 25.7 Å². The second kappa shape index (κ2) is 6.43. The van der Waals surface area contributed by atoms with Gasteiger partial charge in [-0.1, -0.05) is 29.5 Å². The van der Waals surface area contributed by atoms with Crippen LogP contribution in [0.25, 0.3) is 10.8 Å². The average Bonchev–Trinajstić information content (AvgIpc) is 2.98. The molecule has 1 aliphatic rings. The first kappa shape index (κ1) is 16.0. The number of nitrogens with zero attached hydrogens (tertiary/aromatic N) is 1. The van der Waals surface area contributed by atoms with Gasteiger partial charge >= 0.3 is 0 Å². The number of hydrogen-bond acceptors (Lipinski definition) is 5. The Kier molecular flexibility index (Phi) is 4.12. The number of carbonyl (C=O) groups is 1. The number of rotatable bonds is 2. The Morgan fingerprint density at radius 3 is 2.80 bits per heavy atom. The van der Waals surface area contributed by atoms with Crippen molar-refractivity contribution in [3.63, 3.8) is 0 Å². The van der Waals surface area contributed by atoms with Gasteiger partial charge in [-0.3, -0.25) is 9.59 Å². The van der Waals surface area contributed by atoms with Gasteiger partial charge in [-0.05, 0) is 48.8 Å². The molecule has 0 saturated heterocycles. The SMILES string of the molecule is N#Cc1c(NC(=O)c2cc3ccccc3c(=O)s2)sc2c1CCCC2. The van der Waals surface area contributed by atoms with Crippen molar-refractivity contribution < 1.29 is 4.79 Å². The minimum atomic E-state index is -0.331. The molecule has 0 bridgehead atoms. The molecule has 1 aliphatic carbocycles. The third-order valence-electron chi connectivity index (χ3n) is 4.40. The molecular formula is C19H14N2O2S2. The van der Waals surface area contributed by atoms with Gasteiger partial charge in [-0.15, -0.1) is 11.3 Å². The van der Waals surface area contributed by atoms with E-state index in [0.717, 1.165) is 48.0 Å². The second-order valence-electron chi connectivity index (χ2n) is 5.97. The van der Waals surface area contributed by atoms with Crippen molar-refractivity contribution >= 4 is 44.4 Å². The molecule has 0 unspecified atom stereocenters. The summed E-state index contributed by atoms with van der Waals surface area (Å²) in [6.45, 7) is 0. The van der Waals surface area contributed by atoms with Crippen molar-refractivity contribution in [2.75, 3.05) is 5.32 Å². The predicted molar refractivity (Wildman–Crippen MR) is 102 cm³/mol. The van der Waals surface area contributed by atoms with Gasteiger partial charge in [0.1, 0.15) is 11.1 Å². The Labute approximate surface area is 152 Å². The Bertz CT molecular complexity index is 1090. The van der Waals surface area contributed by atoms with Crippen LogP contribution in [0.4, 0.5) is 5.00 Å². The summed E-state index contributed by atoms with van der Waals surface area (Å²) in [5.74, 6) is -0.331. The van der Waals surface area contributed by atoms with Gasteiger partial charge in [-0.2, -0.15) is 5.26 Å². The van der Waals surface area contributed by atoms with Crippen molar-refractivity contribution in [2.24, 2.45) is 0 Å². The topological polar surface area (TPSA) is 70.0 Å². The highest BCUT2D eigenvalue weighted by atomic mass is 32.1. The molecule has 0 saturated carbocycles. The summed E-state index contributed by atoms with van der Waals surface area (Å²) in [7, 11) is 0. The summed E-state index contributed by atoms with van der Waals surface area (Å²) in [5.41, 5.74) is 1.67. The minimum absolute atomic E-state index is 0.130. The number of amides is 1. The number of aryl methyl sites for hydroxylation is 1. The van der Waals surface area contributed by atoms with E-state index in [-0.39, 0.29) is 10.6 Å². The first-order valence-corrected chi connectivity index (χ1v) is 9.69. The van der Waals surface area contributed by atoms with Gasteiger partial charge < -0.3 is 5.32 Å². The third-order valence-corrected chi connectivity index (χ3v) is 6.54. The van der Waals surface area contributed by atoms with Crippen molar-refractivity contribution in [3.05, 3.63) is 60.8 Å². The van der Waals surface area contributed by atoms with Gasteiger partial charge in [0.05, 0.1) is 10.4 Å². The number of fused-ring (bicyclic) bond motifs is 2. The summed E-state index contributed by atoms with van der Waals surface area (Å²) in [6.07, 6.45) is 4.07. The van der Waals surface area contributed by atoms with Gasteiger partial charge in [0.25, 0.3) is 5.91 Å². The molecule has 0 atom stereocenters. The molecule has 25 heavy (non-hydrogen) atoms. The Balaban J connectivity index is 1.70. The van der Waals surface area contributed by atoms with E-state index in [0.29, 0.717) is 20.8 Å². The van der Waals surface area contributed by atoms with Gasteiger partial charge in [-0.25, -0.2) is 0 Å². The van der Waals surface area contributed by atoms with Crippen LogP contribution in [0, 0.1) is 11.3 Å². The summed E-state index contributed by atoms with van der Waals surface area (Å²) in [6, 6.07) is 11.2. The third kappa shape index (κ3) is 2.86. The first-order chi connectivity index (χ1) is 12.2. The Morgan fingerprint density at radius 2 is 1.96 bits per heavy atom. The van der Waals surface area contributed by atoms with E-state index >= 15 is 0 Å². The number of benzene rings is 1. The van der Waals surface area contributed by atoms with Crippen LogP contribution >= 0.6 is 22.7 Å². The molecule has 0 spiro atoms. The molecule has 4 rings (SSSR count). The zero-order chi connectivity index (χ0) is 17.4. The van der Waals surface area contributed by atoms with Crippen LogP contribution in [0.5, 0.6) is 0 Å².